The van der Waals surface area contributed by atoms with Gasteiger partial charge in [-0.15, -0.1) is 0 Å². The van der Waals surface area contributed by atoms with Crippen molar-refractivity contribution in [1.29, 1.82) is 0 Å². The molecule has 19 heavy (non-hydrogen) atoms. The molecule has 0 aliphatic rings. The van der Waals surface area contributed by atoms with Gasteiger partial charge in [0.15, 0.2) is 0 Å². The van der Waals surface area contributed by atoms with Crippen LogP contribution in [0.2, 0.25) is 0 Å². The maximum Gasteiger partial charge on any atom is 0.253 e. The van der Waals surface area contributed by atoms with Crippen LogP contribution in [0.15, 0.2) is 24.3 Å². The summed E-state index contributed by atoms with van der Waals surface area (Å²) in [5.41, 5.74) is 2.03. The Bertz CT molecular complexity index is 433. The molecule has 0 spiro atoms. The van der Waals surface area contributed by atoms with Gasteiger partial charge in [0, 0.05) is 25.7 Å². The van der Waals surface area contributed by atoms with Gasteiger partial charge in [-0.3, -0.25) is 4.79 Å². The van der Waals surface area contributed by atoms with Crippen LogP contribution in [-0.2, 0) is 5.41 Å². The average Bonchev–Trinajstić information content (AvgIpc) is 2.34. The van der Waals surface area contributed by atoms with Crippen LogP contribution in [0, 0.1) is 0 Å². The summed E-state index contributed by atoms with van der Waals surface area (Å²) in [5, 5.41) is 0. The first kappa shape index (κ1) is 15.7. The SMILES string of the molecule is CN(C)CCN(C)C(=O)c1cccc(C(C)(C)C)c1. The number of rotatable bonds is 4. The van der Waals surface area contributed by atoms with Gasteiger partial charge in [-0.25, -0.2) is 0 Å². The van der Waals surface area contributed by atoms with Gasteiger partial charge in [-0.2, -0.15) is 0 Å². The van der Waals surface area contributed by atoms with E-state index < -0.39 is 0 Å². The third kappa shape index (κ3) is 4.67. The van der Waals surface area contributed by atoms with E-state index in [9.17, 15) is 4.79 Å². The van der Waals surface area contributed by atoms with Crippen molar-refractivity contribution in [1.82, 2.24) is 9.80 Å². The monoisotopic (exact) mass is 262 g/mol. The van der Waals surface area contributed by atoms with Crippen molar-refractivity contribution in [2.45, 2.75) is 26.2 Å². The lowest BCUT2D eigenvalue weighted by molar-refractivity contribution is 0.0786. The van der Waals surface area contributed by atoms with Crippen molar-refractivity contribution in [3.05, 3.63) is 35.4 Å². The molecule has 3 heteroatoms. The van der Waals surface area contributed by atoms with Gasteiger partial charge in [0.2, 0.25) is 0 Å². The Morgan fingerprint density at radius 2 is 1.74 bits per heavy atom. The highest BCUT2D eigenvalue weighted by atomic mass is 16.2. The van der Waals surface area contributed by atoms with Crippen LogP contribution in [0.4, 0.5) is 0 Å². The van der Waals surface area contributed by atoms with Gasteiger partial charge < -0.3 is 9.80 Å². The molecule has 1 rings (SSSR count). The molecule has 0 N–H and O–H groups in total. The fraction of sp³-hybridized carbons (Fsp3) is 0.562. The van der Waals surface area contributed by atoms with Gasteiger partial charge in [-0.05, 0) is 37.2 Å². The zero-order chi connectivity index (χ0) is 14.6. The molecule has 0 radical (unpaired) electrons. The van der Waals surface area contributed by atoms with Crippen molar-refractivity contribution in [2.75, 3.05) is 34.2 Å². The molecule has 0 atom stereocenters. The number of likely N-dealkylation sites (N-methyl/N-ethyl adjacent to an activating group) is 2. The van der Waals surface area contributed by atoms with E-state index in [1.54, 1.807) is 4.90 Å². The number of carbonyl (C=O) groups is 1. The second kappa shape index (κ2) is 6.20. The fourth-order valence-corrected chi connectivity index (χ4v) is 1.79. The summed E-state index contributed by atoms with van der Waals surface area (Å²) in [5.74, 6) is 0.0907. The van der Waals surface area contributed by atoms with Crippen LogP contribution in [0.25, 0.3) is 0 Å². The Hall–Kier alpha value is -1.35. The molecule has 1 amide bonds. The molecule has 0 fully saturated rings. The molecule has 0 unspecified atom stereocenters. The molecule has 3 nitrogen and oxygen atoms in total. The number of hydrogen-bond donors (Lipinski definition) is 0. The molecular weight excluding hydrogens is 236 g/mol. The number of nitrogens with zero attached hydrogens (tertiary/aromatic N) is 2. The molecule has 0 saturated heterocycles. The molecule has 0 saturated carbocycles. The molecule has 0 aliphatic heterocycles. The lowest BCUT2D eigenvalue weighted by Gasteiger charge is -2.22. The normalized spacial score (nSPS) is 11.7. The first-order chi connectivity index (χ1) is 8.71. The Kier molecular flexibility index (Phi) is 5.12. The van der Waals surface area contributed by atoms with E-state index >= 15 is 0 Å². The maximum atomic E-state index is 12.3. The third-order valence-electron chi connectivity index (χ3n) is 3.20. The highest BCUT2D eigenvalue weighted by Crippen LogP contribution is 2.23. The van der Waals surface area contributed by atoms with Crippen LogP contribution in [0.1, 0.15) is 36.7 Å². The predicted molar refractivity (Wildman–Crippen MR) is 80.7 cm³/mol. The van der Waals surface area contributed by atoms with Crippen LogP contribution in [-0.4, -0.2) is 49.9 Å². The van der Waals surface area contributed by atoms with Crippen LogP contribution in [0.3, 0.4) is 0 Å². The highest BCUT2D eigenvalue weighted by Gasteiger charge is 2.17. The maximum absolute atomic E-state index is 12.3. The van der Waals surface area contributed by atoms with Crippen molar-refractivity contribution < 1.29 is 4.79 Å². The molecular formula is C16H26N2O. The highest BCUT2D eigenvalue weighted by molar-refractivity contribution is 5.94. The van der Waals surface area contributed by atoms with Crippen molar-refractivity contribution in [3.63, 3.8) is 0 Å². The number of amides is 1. The first-order valence-electron chi connectivity index (χ1n) is 6.72. The van der Waals surface area contributed by atoms with Crippen molar-refractivity contribution >= 4 is 5.91 Å². The van der Waals surface area contributed by atoms with Crippen LogP contribution in [0.5, 0.6) is 0 Å². The minimum absolute atomic E-state index is 0.0680. The zero-order valence-electron chi connectivity index (χ0n) is 13.0. The van der Waals surface area contributed by atoms with Crippen molar-refractivity contribution in [3.8, 4) is 0 Å². The second-order valence-electron chi connectivity index (χ2n) is 6.36. The van der Waals surface area contributed by atoms with E-state index in [0.717, 1.165) is 18.7 Å². The first-order valence-corrected chi connectivity index (χ1v) is 6.72. The van der Waals surface area contributed by atoms with Crippen LogP contribution >= 0.6 is 0 Å². The summed E-state index contributed by atoms with van der Waals surface area (Å²) in [6.07, 6.45) is 0. The lowest BCUT2D eigenvalue weighted by Crippen LogP contribution is -2.33. The second-order valence-corrected chi connectivity index (χ2v) is 6.36. The standard InChI is InChI=1S/C16H26N2O/c1-16(2,3)14-9-7-8-13(12-14)15(19)18(6)11-10-17(4)5/h7-9,12H,10-11H2,1-6H3. The number of carbonyl (C=O) groups excluding carboxylic acids is 1. The molecule has 0 heterocycles. The van der Waals surface area contributed by atoms with Gasteiger partial charge >= 0.3 is 0 Å². The molecule has 106 valence electrons. The molecule has 0 bridgehead atoms. The summed E-state index contributed by atoms with van der Waals surface area (Å²) >= 11 is 0. The minimum Gasteiger partial charge on any atom is -0.340 e. The Morgan fingerprint density at radius 1 is 1.11 bits per heavy atom. The molecule has 1 aromatic carbocycles. The minimum atomic E-state index is 0.0680. The van der Waals surface area contributed by atoms with Gasteiger partial charge in [0.1, 0.15) is 0 Å². The third-order valence-corrected chi connectivity index (χ3v) is 3.20. The Balaban J connectivity index is 2.82. The zero-order valence-corrected chi connectivity index (χ0v) is 13.0. The van der Waals surface area contributed by atoms with Gasteiger partial charge in [0.25, 0.3) is 5.91 Å². The van der Waals surface area contributed by atoms with E-state index in [1.807, 2.05) is 39.3 Å². The van der Waals surface area contributed by atoms with E-state index in [1.165, 1.54) is 5.56 Å². The summed E-state index contributed by atoms with van der Waals surface area (Å²) in [7, 11) is 5.88. The molecule has 1 aromatic rings. The molecule has 0 aromatic heterocycles. The smallest absolute Gasteiger partial charge is 0.253 e. The van der Waals surface area contributed by atoms with Crippen molar-refractivity contribution in [2.24, 2.45) is 0 Å². The summed E-state index contributed by atoms with van der Waals surface area (Å²) < 4.78 is 0. The van der Waals surface area contributed by atoms with E-state index in [-0.39, 0.29) is 11.3 Å². The Labute approximate surface area is 117 Å². The number of benzene rings is 1. The molecule has 0 aliphatic carbocycles. The largest absolute Gasteiger partial charge is 0.340 e. The summed E-state index contributed by atoms with van der Waals surface area (Å²) in [6, 6.07) is 7.95. The average molecular weight is 262 g/mol. The predicted octanol–water partition coefficient (Wildman–Crippen LogP) is 2.62. The fourth-order valence-electron chi connectivity index (χ4n) is 1.79. The van der Waals surface area contributed by atoms with E-state index in [0.29, 0.717) is 0 Å². The van der Waals surface area contributed by atoms with E-state index in [4.69, 9.17) is 0 Å². The lowest BCUT2D eigenvalue weighted by atomic mass is 9.86. The van der Waals surface area contributed by atoms with Gasteiger partial charge in [0.05, 0.1) is 0 Å². The quantitative estimate of drug-likeness (QED) is 0.833. The van der Waals surface area contributed by atoms with E-state index in [2.05, 4.69) is 31.7 Å². The number of hydrogen-bond acceptors (Lipinski definition) is 2. The summed E-state index contributed by atoms with van der Waals surface area (Å²) in [6.45, 7) is 8.10. The Morgan fingerprint density at radius 3 is 2.26 bits per heavy atom. The summed E-state index contributed by atoms with van der Waals surface area (Å²) in [4.78, 5) is 16.2. The topological polar surface area (TPSA) is 23.6 Å². The van der Waals surface area contributed by atoms with Crippen LogP contribution < -0.4 is 0 Å². The van der Waals surface area contributed by atoms with Gasteiger partial charge in [-0.1, -0.05) is 32.9 Å².